The summed E-state index contributed by atoms with van der Waals surface area (Å²) in [6, 6.07) is 7.24. The molecule has 1 unspecified atom stereocenters. The smallest absolute Gasteiger partial charge is 0.259 e. The molecule has 0 radical (unpaired) electrons. The number of aryl methyl sites for hydroxylation is 2. The van der Waals surface area contributed by atoms with Gasteiger partial charge in [0.1, 0.15) is 11.9 Å². The molecule has 0 N–H and O–H groups in total. The van der Waals surface area contributed by atoms with Crippen molar-refractivity contribution in [2.75, 3.05) is 7.05 Å². The standard InChI is InChI=1S/C19H18N4O2/c1-12(16-6-8-20-11-21-16)22(2)19(25)15-10-23-9-7-13-4-3-5-14(17(13)23)18(15)24/h3-6,8,10-12H,7,9H2,1-2H3. The van der Waals surface area contributed by atoms with E-state index in [1.54, 1.807) is 36.5 Å². The molecule has 1 aromatic carbocycles. The Hall–Kier alpha value is -3.02. The monoisotopic (exact) mass is 334 g/mol. The molecular formula is C19H18N4O2. The van der Waals surface area contributed by atoms with Gasteiger partial charge >= 0.3 is 0 Å². The molecule has 1 amide bonds. The van der Waals surface area contributed by atoms with E-state index in [0.29, 0.717) is 5.39 Å². The Kier molecular flexibility index (Phi) is 3.60. The molecule has 1 aliphatic rings. The molecule has 1 aliphatic heterocycles. The van der Waals surface area contributed by atoms with Crippen LogP contribution in [-0.2, 0) is 13.0 Å². The Morgan fingerprint density at radius 3 is 2.92 bits per heavy atom. The summed E-state index contributed by atoms with van der Waals surface area (Å²) in [5.41, 5.74) is 2.85. The highest BCUT2D eigenvalue weighted by Gasteiger charge is 2.25. The molecule has 0 fully saturated rings. The highest BCUT2D eigenvalue weighted by molar-refractivity contribution is 5.98. The fraction of sp³-hybridized carbons (Fsp3) is 0.263. The minimum absolute atomic E-state index is 0.204. The Labute approximate surface area is 144 Å². The third kappa shape index (κ3) is 2.41. The lowest BCUT2D eigenvalue weighted by molar-refractivity contribution is 0.0738. The van der Waals surface area contributed by atoms with E-state index in [2.05, 4.69) is 9.97 Å². The predicted molar refractivity (Wildman–Crippen MR) is 94.5 cm³/mol. The molecule has 3 aromatic rings. The van der Waals surface area contributed by atoms with Gasteiger partial charge < -0.3 is 9.47 Å². The fourth-order valence-electron chi connectivity index (χ4n) is 3.42. The van der Waals surface area contributed by atoms with Crippen molar-refractivity contribution in [3.8, 4) is 0 Å². The zero-order valence-electron chi connectivity index (χ0n) is 14.1. The van der Waals surface area contributed by atoms with Gasteiger partial charge in [0.25, 0.3) is 5.91 Å². The number of para-hydroxylation sites is 1. The van der Waals surface area contributed by atoms with E-state index in [4.69, 9.17) is 0 Å². The van der Waals surface area contributed by atoms with Gasteiger partial charge in [-0.2, -0.15) is 0 Å². The van der Waals surface area contributed by atoms with Crippen molar-refractivity contribution < 1.29 is 4.79 Å². The lowest BCUT2D eigenvalue weighted by atomic mass is 10.1. The van der Waals surface area contributed by atoms with Crippen molar-refractivity contribution in [1.82, 2.24) is 19.4 Å². The van der Waals surface area contributed by atoms with E-state index in [1.807, 2.05) is 23.6 Å². The number of benzene rings is 1. The molecule has 3 heterocycles. The zero-order chi connectivity index (χ0) is 17.6. The van der Waals surface area contributed by atoms with Crippen LogP contribution in [0.5, 0.6) is 0 Å². The van der Waals surface area contributed by atoms with E-state index in [9.17, 15) is 9.59 Å². The first kappa shape index (κ1) is 15.5. The summed E-state index contributed by atoms with van der Waals surface area (Å²) in [6.07, 6.45) is 5.69. The van der Waals surface area contributed by atoms with Crippen LogP contribution >= 0.6 is 0 Å². The lowest BCUT2D eigenvalue weighted by Crippen LogP contribution is -2.34. The maximum atomic E-state index is 13.0. The summed E-state index contributed by atoms with van der Waals surface area (Å²) in [6.45, 7) is 2.68. The van der Waals surface area contributed by atoms with Gasteiger partial charge in [0.2, 0.25) is 5.43 Å². The summed E-state index contributed by atoms with van der Waals surface area (Å²) in [4.78, 5) is 35.5. The molecule has 6 heteroatoms. The number of amides is 1. The number of carbonyl (C=O) groups is 1. The van der Waals surface area contributed by atoms with Gasteiger partial charge in [0, 0.05) is 31.4 Å². The average Bonchev–Trinajstić information content (AvgIpc) is 3.07. The Balaban J connectivity index is 1.77. The van der Waals surface area contributed by atoms with Crippen LogP contribution in [0.3, 0.4) is 0 Å². The molecule has 1 atom stereocenters. The first-order valence-electron chi connectivity index (χ1n) is 8.26. The van der Waals surface area contributed by atoms with Crippen LogP contribution in [0.25, 0.3) is 10.9 Å². The van der Waals surface area contributed by atoms with E-state index in [1.165, 1.54) is 6.33 Å². The van der Waals surface area contributed by atoms with Gasteiger partial charge in [-0.25, -0.2) is 9.97 Å². The lowest BCUT2D eigenvalue weighted by Gasteiger charge is -2.24. The topological polar surface area (TPSA) is 68.1 Å². The second-order valence-corrected chi connectivity index (χ2v) is 6.35. The van der Waals surface area contributed by atoms with Crippen molar-refractivity contribution in [3.05, 3.63) is 70.0 Å². The Bertz CT molecular complexity index is 1030. The number of rotatable bonds is 3. The number of hydrogen-bond donors (Lipinski definition) is 0. The van der Waals surface area contributed by atoms with Crippen LogP contribution in [0.4, 0.5) is 0 Å². The second-order valence-electron chi connectivity index (χ2n) is 6.35. The van der Waals surface area contributed by atoms with Crippen LogP contribution in [-0.4, -0.2) is 32.4 Å². The zero-order valence-corrected chi connectivity index (χ0v) is 14.1. The largest absolute Gasteiger partial charge is 0.346 e. The van der Waals surface area contributed by atoms with E-state index < -0.39 is 0 Å². The number of aromatic nitrogens is 3. The van der Waals surface area contributed by atoms with E-state index >= 15 is 0 Å². The highest BCUT2D eigenvalue weighted by Crippen LogP contribution is 2.25. The van der Waals surface area contributed by atoms with Gasteiger partial charge in [0.05, 0.1) is 17.3 Å². The number of hydrogen-bond acceptors (Lipinski definition) is 4. The molecule has 0 aliphatic carbocycles. The molecule has 6 nitrogen and oxygen atoms in total. The minimum Gasteiger partial charge on any atom is -0.346 e. The van der Waals surface area contributed by atoms with Crippen LogP contribution in [0.15, 0.2) is 47.8 Å². The molecule has 0 bridgehead atoms. The molecule has 126 valence electrons. The van der Waals surface area contributed by atoms with Crippen molar-refractivity contribution in [2.45, 2.75) is 25.9 Å². The van der Waals surface area contributed by atoms with Gasteiger partial charge in [-0.3, -0.25) is 9.59 Å². The number of nitrogens with zero attached hydrogens (tertiary/aromatic N) is 4. The van der Waals surface area contributed by atoms with Crippen LogP contribution in [0, 0.1) is 0 Å². The third-order valence-electron chi connectivity index (χ3n) is 4.97. The predicted octanol–water partition coefficient (Wildman–Crippen LogP) is 2.18. The first-order chi connectivity index (χ1) is 12.1. The van der Waals surface area contributed by atoms with Crippen molar-refractivity contribution in [3.63, 3.8) is 0 Å². The summed E-state index contributed by atoms with van der Waals surface area (Å²) in [7, 11) is 1.69. The SMILES string of the molecule is CC(c1ccncn1)N(C)C(=O)c1cn2c3c(cccc3c1=O)CC2. The third-order valence-corrected chi connectivity index (χ3v) is 4.97. The number of pyridine rings is 1. The summed E-state index contributed by atoms with van der Waals surface area (Å²) >= 11 is 0. The minimum atomic E-state index is -0.293. The second kappa shape index (κ2) is 5.81. The molecule has 25 heavy (non-hydrogen) atoms. The fourth-order valence-corrected chi connectivity index (χ4v) is 3.42. The highest BCUT2D eigenvalue weighted by atomic mass is 16.2. The van der Waals surface area contributed by atoms with Crippen molar-refractivity contribution in [1.29, 1.82) is 0 Å². The van der Waals surface area contributed by atoms with Crippen molar-refractivity contribution >= 4 is 16.8 Å². The molecule has 0 saturated heterocycles. The van der Waals surface area contributed by atoms with Crippen LogP contribution < -0.4 is 5.43 Å². The number of carbonyl (C=O) groups excluding carboxylic acids is 1. The van der Waals surface area contributed by atoms with E-state index in [-0.39, 0.29) is 22.9 Å². The van der Waals surface area contributed by atoms with Crippen LogP contribution in [0.2, 0.25) is 0 Å². The van der Waals surface area contributed by atoms with Gasteiger partial charge in [-0.1, -0.05) is 12.1 Å². The first-order valence-corrected chi connectivity index (χ1v) is 8.26. The van der Waals surface area contributed by atoms with Gasteiger partial charge in [-0.15, -0.1) is 0 Å². The quantitative estimate of drug-likeness (QED) is 0.736. The molecular weight excluding hydrogens is 316 g/mol. The maximum Gasteiger partial charge on any atom is 0.259 e. The summed E-state index contributed by atoms with van der Waals surface area (Å²) in [5.74, 6) is -0.293. The molecule has 0 saturated carbocycles. The van der Waals surface area contributed by atoms with Gasteiger partial charge in [0.15, 0.2) is 0 Å². The normalized spacial score (nSPS) is 13.8. The Morgan fingerprint density at radius 1 is 1.32 bits per heavy atom. The van der Waals surface area contributed by atoms with Gasteiger partial charge in [-0.05, 0) is 31.0 Å². The van der Waals surface area contributed by atoms with Crippen LogP contribution in [0.1, 0.15) is 34.6 Å². The molecule has 0 spiro atoms. The average molecular weight is 334 g/mol. The summed E-state index contributed by atoms with van der Waals surface area (Å²) < 4.78 is 2.02. The molecule has 2 aromatic heterocycles. The van der Waals surface area contributed by atoms with E-state index in [0.717, 1.165) is 29.7 Å². The van der Waals surface area contributed by atoms with Crippen molar-refractivity contribution in [2.24, 2.45) is 0 Å². The Morgan fingerprint density at radius 2 is 2.16 bits per heavy atom. The molecule has 4 rings (SSSR count). The maximum absolute atomic E-state index is 13.0. The summed E-state index contributed by atoms with van der Waals surface area (Å²) in [5, 5.41) is 0.615.